The van der Waals surface area contributed by atoms with Crippen molar-refractivity contribution in [2.24, 2.45) is 0 Å². The average Bonchev–Trinajstić information content (AvgIpc) is 3.25. The largest absolute Gasteiger partial charge is 0.492 e. The highest BCUT2D eigenvalue weighted by Crippen LogP contribution is 2.53. The van der Waals surface area contributed by atoms with E-state index in [9.17, 15) is 8.42 Å². The lowest BCUT2D eigenvalue weighted by molar-refractivity contribution is 0.164. The van der Waals surface area contributed by atoms with E-state index in [1.807, 2.05) is 18.2 Å². The number of hydrogen-bond acceptors (Lipinski definition) is 7. The molecule has 0 amide bonds. The standard InChI is InChI=1S/C24H27ClN4O3S2.2ClH/c25-18-5-3-17(4-6-18)24(9-1-10-24)22-20-14-19(7-2-16(20)8-11-27-22)32-13-12-29-34(30,31)21-15-28-23(26)33-21;;/h2-7,14-15,22,27,29H,1,8-13H2,(H2,26,28);2*1H. The summed E-state index contributed by atoms with van der Waals surface area (Å²) in [6.07, 6.45) is 5.69. The summed E-state index contributed by atoms with van der Waals surface area (Å²) in [6.45, 7) is 1.30. The highest BCUT2D eigenvalue weighted by atomic mass is 35.5. The van der Waals surface area contributed by atoms with Gasteiger partial charge < -0.3 is 15.8 Å². The predicted molar refractivity (Wildman–Crippen MR) is 150 cm³/mol. The molecule has 2 aromatic carbocycles. The average molecular weight is 592 g/mol. The van der Waals surface area contributed by atoms with Gasteiger partial charge in [-0.2, -0.15) is 0 Å². The van der Waals surface area contributed by atoms with Crippen LogP contribution in [-0.4, -0.2) is 33.1 Å². The molecule has 1 fully saturated rings. The minimum Gasteiger partial charge on any atom is -0.492 e. The van der Waals surface area contributed by atoms with Crippen LogP contribution in [0.5, 0.6) is 5.75 Å². The monoisotopic (exact) mass is 590 g/mol. The summed E-state index contributed by atoms with van der Waals surface area (Å²) in [4.78, 5) is 3.80. The fourth-order valence-corrected chi connectivity index (χ4v) is 7.11. The maximum atomic E-state index is 12.3. The molecule has 12 heteroatoms. The number of thiazole rings is 1. The van der Waals surface area contributed by atoms with Gasteiger partial charge in [0.05, 0.1) is 6.20 Å². The second-order valence-corrected chi connectivity index (χ2v) is 12.3. The van der Waals surface area contributed by atoms with E-state index in [4.69, 9.17) is 22.1 Å². The SMILES string of the molecule is Cl.Cl.Nc1ncc(S(=O)(=O)NCCOc2ccc3c(c2)C(C2(c4ccc(Cl)cc4)CCC2)NCC3)s1. The number of anilines is 1. The Morgan fingerprint density at radius 2 is 1.94 bits per heavy atom. The molecule has 3 aromatic rings. The van der Waals surface area contributed by atoms with Gasteiger partial charge in [0.15, 0.2) is 9.34 Å². The Kier molecular flexibility index (Phi) is 9.54. The van der Waals surface area contributed by atoms with Crippen molar-refractivity contribution in [1.29, 1.82) is 0 Å². The molecule has 1 aliphatic carbocycles. The van der Waals surface area contributed by atoms with Gasteiger partial charge >= 0.3 is 0 Å². The number of hydrogen-bond donors (Lipinski definition) is 3. The summed E-state index contributed by atoms with van der Waals surface area (Å²) in [5, 5.41) is 4.74. The number of nitrogens with one attached hydrogen (secondary N) is 2. The number of aromatic nitrogens is 1. The third-order valence-electron chi connectivity index (χ3n) is 6.82. The summed E-state index contributed by atoms with van der Waals surface area (Å²) in [5.74, 6) is 0.735. The van der Waals surface area contributed by atoms with E-state index in [0.29, 0.717) is 0 Å². The van der Waals surface area contributed by atoms with E-state index in [2.05, 4.69) is 39.3 Å². The van der Waals surface area contributed by atoms with Crippen LogP contribution >= 0.6 is 47.8 Å². The number of fused-ring (bicyclic) bond motifs is 1. The summed E-state index contributed by atoms with van der Waals surface area (Å²) in [7, 11) is -3.64. The summed E-state index contributed by atoms with van der Waals surface area (Å²) < 4.78 is 33.2. The Morgan fingerprint density at radius 1 is 1.19 bits per heavy atom. The van der Waals surface area contributed by atoms with Gasteiger partial charge in [-0.3, -0.25) is 0 Å². The molecule has 0 saturated heterocycles. The Morgan fingerprint density at radius 3 is 2.58 bits per heavy atom. The fraction of sp³-hybridized carbons (Fsp3) is 0.375. The number of nitrogens with two attached hydrogens (primary N) is 1. The first-order valence-corrected chi connectivity index (χ1v) is 14.0. The Labute approximate surface area is 233 Å². The van der Waals surface area contributed by atoms with Crippen LogP contribution in [0.1, 0.15) is 42.0 Å². The molecule has 1 aromatic heterocycles. The van der Waals surface area contributed by atoms with Crippen LogP contribution in [0.3, 0.4) is 0 Å². The second-order valence-electron chi connectivity index (χ2n) is 8.78. The number of sulfonamides is 1. The van der Waals surface area contributed by atoms with Crippen LogP contribution in [0.2, 0.25) is 5.02 Å². The van der Waals surface area contributed by atoms with Gasteiger partial charge in [0.1, 0.15) is 12.4 Å². The van der Waals surface area contributed by atoms with Gasteiger partial charge in [0.2, 0.25) is 0 Å². The second kappa shape index (κ2) is 11.9. The molecule has 2 heterocycles. The Hall–Kier alpha value is -1.59. The van der Waals surface area contributed by atoms with E-state index >= 15 is 0 Å². The van der Waals surface area contributed by atoms with Gasteiger partial charge in [0, 0.05) is 23.0 Å². The molecular weight excluding hydrogens is 563 g/mol. The van der Waals surface area contributed by atoms with Crippen LogP contribution in [0.15, 0.2) is 52.9 Å². The van der Waals surface area contributed by atoms with E-state index < -0.39 is 10.0 Å². The lowest BCUT2D eigenvalue weighted by atomic mass is 9.58. The van der Waals surface area contributed by atoms with Crippen molar-refractivity contribution in [2.75, 3.05) is 25.4 Å². The van der Waals surface area contributed by atoms with E-state index in [-0.39, 0.29) is 58.8 Å². The first kappa shape index (κ1) is 29.0. The minimum atomic E-state index is -3.64. The number of rotatable bonds is 8. The Balaban J connectivity index is 0.00000180. The molecule has 0 spiro atoms. The number of halogens is 3. The number of nitrogens with zero attached hydrogens (tertiary/aromatic N) is 1. The Bertz CT molecular complexity index is 1280. The molecule has 4 N–H and O–H groups in total. The van der Waals surface area contributed by atoms with E-state index in [1.165, 1.54) is 29.3 Å². The van der Waals surface area contributed by atoms with Crippen molar-refractivity contribution in [2.45, 2.75) is 41.3 Å². The van der Waals surface area contributed by atoms with Gasteiger partial charge in [-0.1, -0.05) is 47.6 Å². The number of nitrogen functional groups attached to an aromatic ring is 1. The van der Waals surface area contributed by atoms with Crippen LogP contribution in [0.25, 0.3) is 0 Å². The van der Waals surface area contributed by atoms with Crippen LogP contribution in [0, 0.1) is 0 Å². The smallest absolute Gasteiger partial charge is 0.251 e. The molecule has 1 atom stereocenters. The molecule has 1 unspecified atom stereocenters. The quantitative estimate of drug-likeness (QED) is 0.322. The summed E-state index contributed by atoms with van der Waals surface area (Å²) >= 11 is 7.09. The third-order valence-corrected chi connectivity index (χ3v) is 9.82. The lowest BCUT2D eigenvalue weighted by Crippen LogP contribution is -2.49. The fourth-order valence-electron chi connectivity index (χ4n) is 5.01. The number of ether oxygens (including phenoxy) is 1. The van der Waals surface area contributed by atoms with Crippen molar-refractivity contribution in [3.05, 3.63) is 70.4 Å². The molecule has 5 rings (SSSR count). The molecule has 0 radical (unpaired) electrons. The molecule has 36 heavy (non-hydrogen) atoms. The molecule has 7 nitrogen and oxygen atoms in total. The van der Waals surface area contributed by atoms with Crippen molar-refractivity contribution < 1.29 is 13.2 Å². The topological polar surface area (TPSA) is 106 Å². The first-order chi connectivity index (χ1) is 16.4. The summed E-state index contributed by atoms with van der Waals surface area (Å²) in [5.41, 5.74) is 9.50. The van der Waals surface area contributed by atoms with Gasteiger partial charge in [-0.15, -0.1) is 24.8 Å². The molecule has 2 aliphatic rings. The minimum absolute atomic E-state index is 0. The normalized spacial score (nSPS) is 18.2. The first-order valence-electron chi connectivity index (χ1n) is 11.3. The zero-order valence-corrected chi connectivity index (χ0v) is 23.4. The van der Waals surface area contributed by atoms with Gasteiger partial charge in [-0.25, -0.2) is 18.1 Å². The van der Waals surface area contributed by atoms with Crippen LogP contribution in [0.4, 0.5) is 5.13 Å². The molecule has 196 valence electrons. The highest BCUT2D eigenvalue weighted by molar-refractivity contribution is 7.91. The van der Waals surface area contributed by atoms with Crippen LogP contribution < -0.4 is 20.5 Å². The maximum absolute atomic E-state index is 12.3. The molecule has 1 aliphatic heterocycles. The number of benzene rings is 2. The predicted octanol–water partition coefficient (Wildman–Crippen LogP) is 4.89. The van der Waals surface area contributed by atoms with E-state index in [1.54, 1.807) is 0 Å². The third kappa shape index (κ3) is 5.78. The van der Waals surface area contributed by atoms with Crippen molar-refractivity contribution in [1.82, 2.24) is 15.0 Å². The summed E-state index contributed by atoms with van der Waals surface area (Å²) in [6, 6.07) is 14.7. The lowest BCUT2D eigenvalue weighted by Gasteiger charge is -2.50. The van der Waals surface area contributed by atoms with Gasteiger partial charge in [-0.05, 0) is 66.8 Å². The van der Waals surface area contributed by atoms with Crippen molar-refractivity contribution in [3.8, 4) is 5.75 Å². The van der Waals surface area contributed by atoms with Crippen molar-refractivity contribution >= 4 is 62.9 Å². The van der Waals surface area contributed by atoms with Gasteiger partial charge in [0.25, 0.3) is 10.0 Å². The maximum Gasteiger partial charge on any atom is 0.251 e. The molecule has 1 saturated carbocycles. The van der Waals surface area contributed by atoms with Crippen LogP contribution in [-0.2, 0) is 21.9 Å². The zero-order chi connectivity index (χ0) is 23.8. The highest BCUT2D eigenvalue weighted by Gasteiger charge is 2.47. The molecule has 0 bridgehead atoms. The molecular formula is C24H29Cl3N4O3S2. The van der Waals surface area contributed by atoms with E-state index in [0.717, 1.165) is 47.9 Å². The zero-order valence-electron chi connectivity index (χ0n) is 19.4. The van der Waals surface area contributed by atoms with Crippen molar-refractivity contribution in [3.63, 3.8) is 0 Å².